The van der Waals surface area contributed by atoms with E-state index in [1.807, 2.05) is 36.2 Å². The van der Waals surface area contributed by atoms with E-state index in [2.05, 4.69) is 38.1 Å². The molecular weight excluding hydrogens is 270 g/mol. The second kappa shape index (κ2) is 5.30. The highest BCUT2D eigenvalue weighted by Crippen LogP contribution is 2.45. The van der Waals surface area contributed by atoms with Crippen LogP contribution in [0.3, 0.4) is 0 Å². The molecule has 0 N–H and O–H groups in total. The van der Waals surface area contributed by atoms with Crippen LogP contribution in [0.2, 0.25) is 0 Å². The number of nitriles is 2. The lowest BCUT2D eigenvalue weighted by Crippen LogP contribution is -2.26. The molecule has 0 radical (unpaired) electrons. The molecule has 22 heavy (non-hydrogen) atoms. The predicted molar refractivity (Wildman–Crippen MR) is 85.8 cm³/mol. The SMILES string of the molecule is Cc1cccc2c1-c1c(C)cccc1[C@H](C#N)N(C)[C@H]2C#N. The van der Waals surface area contributed by atoms with Crippen molar-refractivity contribution in [1.29, 1.82) is 10.5 Å². The molecule has 0 aliphatic carbocycles. The van der Waals surface area contributed by atoms with Gasteiger partial charge in [-0.2, -0.15) is 10.5 Å². The average Bonchev–Trinajstić information content (AvgIpc) is 2.60. The Morgan fingerprint density at radius 2 is 1.23 bits per heavy atom. The van der Waals surface area contributed by atoms with E-state index in [-0.39, 0.29) is 0 Å². The molecule has 108 valence electrons. The fraction of sp³-hybridized carbons (Fsp3) is 0.263. The molecule has 2 aromatic rings. The van der Waals surface area contributed by atoms with Gasteiger partial charge in [0.15, 0.2) is 0 Å². The number of benzene rings is 2. The minimum atomic E-state index is -0.425. The van der Waals surface area contributed by atoms with Crippen LogP contribution >= 0.6 is 0 Å². The molecule has 0 spiro atoms. The van der Waals surface area contributed by atoms with Crippen molar-refractivity contribution in [3.05, 3.63) is 58.7 Å². The van der Waals surface area contributed by atoms with Crippen LogP contribution in [0.25, 0.3) is 11.1 Å². The molecule has 1 aliphatic rings. The molecule has 0 fully saturated rings. The summed E-state index contributed by atoms with van der Waals surface area (Å²) in [4.78, 5) is 1.86. The third-order valence-corrected chi connectivity index (χ3v) is 4.51. The molecule has 1 heterocycles. The van der Waals surface area contributed by atoms with Gasteiger partial charge in [-0.3, -0.25) is 4.90 Å². The maximum Gasteiger partial charge on any atom is 0.125 e. The minimum absolute atomic E-state index is 0.425. The van der Waals surface area contributed by atoms with Gasteiger partial charge in [-0.15, -0.1) is 0 Å². The van der Waals surface area contributed by atoms with Crippen molar-refractivity contribution in [3.63, 3.8) is 0 Å². The first-order valence-corrected chi connectivity index (χ1v) is 7.30. The minimum Gasteiger partial charge on any atom is -0.268 e. The topological polar surface area (TPSA) is 50.8 Å². The summed E-state index contributed by atoms with van der Waals surface area (Å²) in [5, 5.41) is 19.4. The fourth-order valence-electron chi connectivity index (χ4n) is 3.43. The number of aryl methyl sites for hydroxylation is 2. The lowest BCUT2D eigenvalue weighted by molar-refractivity contribution is 0.254. The van der Waals surface area contributed by atoms with Crippen molar-refractivity contribution >= 4 is 0 Å². The van der Waals surface area contributed by atoms with Gasteiger partial charge >= 0.3 is 0 Å². The van der Waals surface area contributed by atoms with E-state index < -0.39 is 12.1 Å². The summed E-state index contributed by atoms with van der Waals surface area (Å²) in [6.07, 6.45) is 0. The number of nitrogens with zero attached hydrogens (tertiary/aromatic N) is 3. The van der Waals surface area contributed by atoms with Crippen LogP contribution in [0.4, 0.5) is 0 Å². The molecule has 3 nitrogen and oxygen atoms in total. The van der Waals surface area contributed by atoms with Crippen LogP contribution in [0.5, 0.6) is 0 Å². The molecule has 0 saturated carbocycles. The Balaban J connectivity index is 2.47. The first kappa shape index (κ1) is 14.3. The Labute approximate surface area is 131 Å². The Bertz CT molecular complexity index is 754. The largest absolute Gasteiger partial charge is 0.268 e. The van der Waals surface area contributed by atoms with Crippen molar-refractivity contribution in [2.75, 3.05) is 7.05 Å². The van der Waals surface area contributed by atoms with Crippen LogP contribution in [0.1, 0.15) is 34.3 Å². The van der Waals surface area contributed by atoms with Gasteiger partial charge < -0.3 is 0 Å². The van der Waals surface area contributed by atoms with Crippen molar-refractivity contribution in [3.8, 4) is 23.3 Å². The van der Waals surface area contributed by atoms with E-state index in [1.165, 1.54) is 0 Å². The Kier molecular flexibility index (Phi) is 3.45. The van der Waals surface area contributed by atoms with E-state index in [0.29, 0.717) is 0 Å². The first-order valence-electron chi connectivity index (χ1n) is 7.30. The van der Waals surface area contributed by atoms with E-state index in [1.54, 1.807) is 0 Å². The second-order valence-electron chi connectivity index (χ2n) is 5.81. The summed E-state index contributed by atoms with van der Waals surface area (Å²) in [5.74, 6) is 0. The smallest absolute Gasteiger partial charge is 0.125 e. The molecular formula is C19H17N3. The summed E-state index contributed by atoms with van der Waals surface area (Å²) >= 11 is 0. The zero-order valence-electron chi connectivity index (χ0n) is 13.0. The maximum atomic E-state index is 9.68. The molecule has 1 aliphatic heterocycles. The molecule has 0 saturated heterocycles. The van der Waals surface area contributed by atoms with Crippen molar-refractivity contribution in [1.82, 2.24) is 4.90 Å². The van der Waals surface area contributed by atoms with Gasteiger partial charge in [-0.25, -0.2) is 0 Å². The molecule has 2 atom stereocenters. The van der Waals surface area contributed by atoms with Crippen LogP contribution in [0.15, 0.2) is 36.4 Å². The van der Waals surface area contributed by atoms with Gasteiger partial charge in [-0.05, 0) is 54.3 Å². The zero-order valence-corrected chi connectivity index (χ0v) is 13.0. The highest BCUT2D eigenvalue weighted by molar-refractivity contribution is 5.79. The van der Waals surface area contributed by atoms with Gasteiger partial charge in [-0.1, -0.05) is 36.4 Å². The second-order valence-corrected chi connectivity index (χ2v) is 5.81. The van der Waals surface area contributed by atoms with Crippen molar-refractivity contribution < 1.29 is 0 Å². The van der Waals surface area contributed by atoms with E-state index in [0.717, 1.165) is 33.4 Å². The average molecular weight is 287 g/mol. The highest BCUT2D eigenvalue weighted by Gasteiger charge is 2.34. The summed E-state index contributed by atoms with van der Waals surface area (Å²) < 4.78 is 0. The summed E-state index contributed by atoms with van der Waals surface area (Å²) in [6, 6.07) is 16.0. The molecule has 0 amide bonds. The lowest BCUT2D eigenvalue weighted by Gasteiger charge is -2.25. The third kappa shape index (κ3) is 1.91. The molecule has 3 heteroatoms. The third-order valence-electron chi connectivity index (χ3n) is 4.51. The van der Waals surface area contributed by atoms with Crippen LogP contribution in [0, 0.1) is 36.5 Å². The van der Waals surface area contributed by atoms with E-state index in [4.69, 9.17) is 0 Å². The van der Waals surface area contributed by atoms with E-state index >= 15 is 0 Å². The van der Waals surface area contributed by atoms with Crippen LogP contribution in [-0.4, -0.2) is 11.9 Å². The summed E-state index contributed by atoms with van der Waals surface area (Å²) in [7, 11) is 1.85. The Morgan fingerprint density at radius 1 is 0.818 bits per heavy atom. The lowest BCUT2D eigenvalue weighted by atomic mass is 9.87. The molecule has 0 aromatic heterocycles. The quantitative estimate of drug-likeness (QED) is 0.734. The molecule has 2 aromatic carbocycles. The maximum absolute atomic E-state index is 9.68. The van der Waals surface area contributed by atoms with Gasteiger partial charge in [0.2, 0.25) is 0 Å². The number of rotatable bonds is 0. The van der Waals surface area contributed by atoms with Crippen molar-refractivity contribution in [2.45, 2.75) is 25.9 Å². The normalized spacial score (nSPS) is 20.2. The standard InChI is InChI=1S/C19H17N3/c1-12-6-4-8-14-16(10-20)22(3)17(11-21)15-9-5-7-13(2)19(15)18(12)14/h4-9,16-17H,1-3H3/t16-,17-/m0/s1. The monoisotopic (exact) mass is 287 g/mol. The van der Waals surface area contributed by atoms with Gasteiger partial charge in [0.25, 0.3) is 0 Å². The summed E-state index contributed by atoms with van der Waals surface area (Å²) in [5.41, 5.74) is 6.45. The van der Waals surface area contributed by atoms with E-state index in [9.17, 15) is 10.5 Å². The number of hydrogen-bond donors (Lipinski definition) is 0. The molecule has 3 rings (SSSR count). The predicted octanol–water partition coefficient (Wildman–Crippen LogP) is 4.05. The van der Waals surface area contributed by atoms with Crippen LogP contribution < -0.4 is 0 Å². The highest BCUT2D eigenvalue weighted by atomic mass is 15.2. The molecule has 0 unspecified atom stereocenters. The van der Waals surface area contributed by atoms with Crippen LogP contribution in [-0.2, 0) is 0 Å². The van der Waals surface area contributed by atoms with Crippen molar-refractivity contribution in [2.24, 2.45) is 0 Å². The number of fused-ring (bicyclic) bond motifs is 3. The van der Waals surface area contributed by atoms with Gasteiger partial charge in [0.1, 0.15) is 12.1 Å². The first-order chi connectivity index (χ1) is 10.6. The van der Waals surface area contributed by atoms with Gasteiger partial charge in [0, 0.05) is 0 Å². The Morgan fingerprint density at radius 3 is 1.59 bits per heavy atom. The number of hydrogen-bond acceptors (Lipinski definition) is 3. The fourth-order valence-corrected chi connectivity index (χ4v) is 3.43. The zero-order chi connectivity index (χ0) is 15.9. The van der Waals surface area contributed by atoms with Gasteiger partial charge in [0.05, 0.1) is 12.1 Å². The molecule has 0 bridgehead atoms. The summed E-state index contributed by atoms with van der Waals surface area (Å²) in [6.45, 7) is 4.13. The Hall–Kier alpha value is -2.62.